The van der Waals surface area contributed by atoms with Crippen LogP contribution >= 0.6 is 0 Å². The summed E-state index contributed by atoms with van der Waals surface area (Å²) in [6.07, 6.45) is 2.50. The van der Waals surface area contributed by atoms with Crippen molar-refractivity contribution in [1.29, 1.82) is 0 Å². The highest BCUT2D eigenvalue weighted by Crippen LogP contribution is 2.31. The van der Waals surface area contributed by atoms with Crippen LogP contribution in [0.5, 0.6) is 0 Å². The molecule has 0 spiro atoms. The van der Waals surface area contributed by atoms with Gasteiger partial charge in [-0.2, -0.15) is 4.98 Å². The third kappa shape index (κ3) is 1.91. The Bertz CT molecular complexity index is 725. The topological polar surface area (TPSA) is 78.1 Å². The number of furan rings is 1. The monoisotopic (exact) mass is 271 g/mol. The number of hydrogen-bond acceptors (Lipinski definition) is 5. The summed E-state index contributed by atoms with van der Waals surface area (Å²) in [5.74, 6) is 1.11. The molecular weight excluding hydrogens is 254 g/mol. The van der Waals surface area contributed by atoms with Crippen LogP contribution in [-0.4, -0.2) is 16.7 Å². The maximum absolute atomic E-state index is 5.82. The molecule has 20 heavy (non-hydrogen) atoms. The summed E-state index contributed by atoms with van der Waals surface area (Å²) in [5, 5.41) is 5.05. The first-order valence-corrected chi connectivity index (χ1v) is 6.69. The molecule has 1 unspecified atom stereocenters. The van der Waals surface area contributed by atoms with E-state index in [1.54, 1.807) is 6.26 Å². The van der Waals surface area contributed by atoms with Gasteiger partial charge in [-0.1, -0.05) is 30.3 Å². The first kappa shape index (κ1) is 12.9. The minimum absolute atomic E-state index is 0.287. The van der Waals surface area contributed by atoms with Gasteiger partial charge in [-0.15, -0.1) is 0 Å². The molecule has 2 aromatic heterocycles. The lowest BCUT2D eigenvalue weighted by molar-refractivity contribution is 0.291. The standard InChI is InChI=1S/C15H17N3O2/c1-3-15(2,9-16)14-17-13(18-20-14)11-8-19-12-7-5-4-6-10(11)12/h4-8H,3,9,16H2,1-2H3. The highest BCUT2D eigenvalue weighted by atomic mass is 16.5. The van der Waals surface area contributed by atoms with Crippen LogP contribution in [0.3, 0.4) is 0 Å². The van der Waals surface area contributed by atoms with Crippen molar-refractivity contribution >= 4 is 11.0 Å². The molecule has 0 aliphatic heterocycles. The molecule has 1 atom stereocenters. The van der Waals surface area contributed by atoms with Crippen molar-refractivity contribution in [1.82, 2.24) is 10.1 Å². The Morgan fingerprint density at radius 3 is 2.85 bits per heavy atom. The summed E-state index contributed by atoms with van der Waals surface area (Å²) in [6.45, 7) is 4.55. The Labute approximate surface area is 116 Å². The third-order valence-corrected chi connectivity index (χ3v) is 3.90. The second kappa shape index (κ2) is 4.76. The molecule has 5 heteroatoms. The summed E-state index contributed by atoms with van der Waals surface area (Å²) in [7, 11) is 0. The molecule has 0 saturated heterocycles. The lowest BCUT2D eigenvalue weighted by atomic mass is 9.88. The largest absolute Gasteiger partial charge is 0.464 e. The molecule has 104 valence electrons. The number of nitrogens with zero attached hydrogens (tertiary/aromatic N) is 2. The van der Waals surface area contributed by atoms with Crippen molar-refractivity contribution in [2.45, 2.75) is 25.7 Å². The van der Waals surface area contributed by atoms with Crippen LogP contribution in [0, 0.1) is 0 Å². The van der Waals surface area contributed by atoms with Crippen molar-refractivity contribution in [3.8, 4) is 11.4 Å². The molecule has 0 saturated carbocycles. The zero-order chi connectivity index (χ0) is 14.2. The van der Waals surface area contributed by atoms with E-state index < -0.39 is 0 Å². The second-order valence-electron chi connectivity index (χ2n) is 5.19. The Hall–Kier alpha value is -2.14. The van der Waals surface area contributed by atoms with E-state index in [4.69, 9.17) is 14.7 Å². The fourth-order valence-corrected chi connectivity index (χ4v) is 2.11. The van der Waals surface area contributed by atoms with Gasteiger partial charge >= 0.3 is 0 Å². The maximum Gasteiger partial charge on any atom is 0.234 e. The normalized spacial score (nSPS) is 14.6. The SMILES string of the molecule is CCC(C)(CN)c1nc(-c2coc3ccccc23)no1. The quantitative estimate of drug-likeness (QED) is 0.788. The Balaban J connectivity index is 2.06. The van der Waals surface area contributed by atoms with E-state index in [9.17, 15) is 0 Å². The summed E-state index contributed by atoms with van der Waals surface area (Å²) in [5.41, 5.74) is 7.18. The summed E-state index contributed by atoms with van der Waals surface area (Å²) >= 11 is 0. The highest BCUT2D eigenvalue weighted by Gasteiger charge is 2.30. The predicted molar refractivity (Wildman–Crippen MR) is 76.2 cm³/mol. The van der Waals surface area contributed by atoms with Crippen molar-refractivity contribution in [2.75, 3.05) is 6.54 Å². The van der Waals surface area contributed by atoms with E-state index in [2.05, 4.69) is 17.1 Å². The van der Waals surface area contributed by atoms with Crippen molar-refractivity contribution in [2.24, 2.45) is 5.73 Å². The molecule has 3 rings (SSSR count). The first-order valence-electron chi connectivity index (χ1n) is 6.69. The molecule has 0 amide bonds. The molecule has 2 heterocycles. The number of benzene rings is 1. The van der Waals surface area contributed by atoms with Gasteiger partial charge in [0.05, 0.1) is 11.0 Å². The van der Waals surface area contributed by atoms with E-state index in [1.807, 2.05) is 31.2 Å². The third-order valence-electron chi connectivity index (χ3n) is 3.90. The first-order chi connectivity index (χ1) is 9.68. The molecule has 0 aliphatic rings. The van der Waals surface area contributed by atoms with E-state index in [-0.39, 0.29) is 5.41 Å². The zero-order valence-corrected chi connectivity index (χ0v) is 11.6. The number of fused-ring (bicyclic) bond motifs is 1. The number of hydrogen-bond donors (Lipinski definition) is 1. The fraction of sp³-hybridized carbons (Fsp3) is 0.333. The maximum atomic E-state index is 5.82. The van der Waals surface area contributed by atoms with Gasteiger partial charge in [0, 0.05) is 11.9 Å². The highest BCUT2D eigenvalue weighted by molar-refractivity contribution is 5.91. The molecule has 0 fully saturated rings. The number of nitrogens with two attached hydrogens (primary N) is 1. The molecule has 0 aliphatic carbocycles. The number of para-hydroxylation sites is 1. The minimum atomic E-state index is -0.287. The van der Waals surface area contributed by atoms with Crippen LogP contribution in [0.2, 0.25) is 0 Å². The van der Waals surface area contributed by atoms with Gasteiger partial charge in [-0.05, 0) is 19.4 Å². The lowest BCUT2D eigenvalue weighted by Crippen LogP contribution is -2.31. The van der Waals surface area contributed by atoms with Gasteiger partial charge in [0.15, 0.2) is 0 Å². The van der Waals surface area contributed by atoms with Gasteiger partial charge < -0.3 is 14.7 Å². The average Bonchev–Trinajstić information content (AvgIpc) is 3.12. The summed E-state index contributed by atoms with van der Waals surface area (Å²) in [4.78, 5) is 4.50. The van der Waals surface area contributed by atoms with Crippen molar-refractivity contribution < 1.29 is 8.94 Å². The minimum Gasteiger partial charge on any atom is -0.464 e. The van der Waals surface area contributed by atoms with Crippen LogP contribution in [-0.2, 0) is 5.41 Å². The van der Waals surface area contributed by atoms with Gasteiger partial charge in [0.1, 0.15) is 11.8 Å². The van der Waals surface area contributed by atoms with E-state index in [1.165, 1.54) is 0 Å². The average molecular weight is 271 g/mol. The van der Waals surface area contributed by atoms with Crippen LogP contribution in [0.4, 0.5) is 0 Å². The van der Waals surface area contributed by atoms with Gasteiger partial charge in [0.25, 0.3) is 0 Å². The molecule has 3 aromatic rings. The zero-order valence-electron chi connectivity index (χ0n) is 11.6. The van der Waals surface area contributed by atoms with Gasteiger partial charge in [-0.3, -0.25) is 0 Å². The van der Waals surface area contributed by atoms with Crippen molar-refractivity contribution in [3.63, 3.8) is 0 Å². The van der Waals surface area contributed by atoms with Gasteiger partial charge in [0.2, 0.25) is 11.7 Å². The van der Waals surface area contributed by atoms with Crippen LogP contribution in [0.25, 0.3) is 22.4 Å². The predicted octanol–water partition coefficient (Wildman–Crippen LogP) is 3.11. The van der Waals surface area contributed by atoms with Crippen molar-refractivity contribution in [3.05, 3.63) is 36.4 Å². The molecule has 0 bridgehead atoms. The Morgan fingerprint density at radius 1 is 1.30 bits per heavy atom. The molecular formula is C15H17N3O2. The molecule has 0 radical (unpaired) electrons. The summed E-state index contributed by atoms with van der Waals surface area (Å²) < 4.78 is 10.9. The Kier molecular flexibility index (Phi) is 3.06. The molecule has 2 N–H and O–H groups in total. The van der Waals surface area contributed by atoms with Crippen LogP contribution < -0.4 is 5.73 Å². The lowest BCUT2D eigenvalue weighted by Gasteiger charge is -2.20. The van der Waals surface area contributed by atoms with Crippen LogP contribution in [0.1, 0.15) is 26.2 Å². The van der Waals surface area contributed by atoms with Crippen LogP contribution in [0.15, 0.2) is 39.5 Å². The smallest absolute Gasteiger partial charge is 0.234 e. The van der Waals surface area contributed by atoms with E-state index >= 15 is 0 Å². The molecule has 1 aromatic carbocycles. The number of aromatic nitrogens is 2. The fourth-order valence-electron chi connectivity index (χ4n) is 2.11. The van der Waals surface area contributed by atoms with E-state index in [0.717, 1.165) is 23.0 Å². The molecule has 5 nitrogen and oxygen atoms in total. The second-order valence-corrected chi connectivity index (χ2v) is 5.19. The van der Waals surface area contributed by atoms with Gasteiger partial charge in [-0.25, -0.2) is 0 Å². The summed E-state index contributed by atoms with van der Waals surface area (Å²) in [6, 6.07) is 7.78. The van der Waals surface area contributed by atoms with E-state index in [0.29, 0.717) is 18.3 Å². The Morgan fingerprint density at radius 2 is 2.10 bits per heavy atom. The number of rotatable bonds is 4.